The number of anilines is 2. The topological polar surface area (TPSA) is 104 Å². The Morgan fingerprint density at radius 2 is 2.09 bits per heavy atom. The number of hydrogen-bond donors (Lipinski definition) is 2. The average Bonchev–Trinajstić information content (AvgIpc) is 3.18. The fourth-order valence-corrected chi connectivity index (χ4v) is 2.71. The van der Waals surface area contributed by atoms with Crippen molar-refractivity contribution in [3.05, 3.63) is 45.6 Å². The van der Waals surface area contributed by atoms with Gasteiger partial charge in [0.1, 0.15) is 5.69 Å². The lowest BCUT2D eigenvalue weighted by atomic mass is 10.1. The first-order valence-electron chi connectivity index (χ1n) is 7.41. The van der Waals surface area contributed by atoms with Gasteiger partial charge in [-0.3, -0.25) is 20.0 Å². The molecule has 8 heteroatoms. The zero-order valence-electron chi connectivity index (χ0n) is 12.7. The summed E-state index contributed by atoms with van der Waals surface area (Å²) >= 11 is 0. The molecule has 1 aromatic carbocycles. The first kappa shape index (κ1) is 15.0. The van der Waals surface area contributed by atoms with Crippen LogP contribution in [0.1, 0.15) is 28.9 Å². The zero-order valence-corrected chi connectivity index (χ0v) is 12.7. The first-order chi connectivity index (χ1) is 11.0. The third-order valence-electron chi connectivity index (χ3n) is 3.83. The Morgan fingerprint density at radius 1 is 1.35 bits per heavy atom. The predicted molar refractivity (Wildman–Crippen MR) is 85.8 cm³/mol. The van der Waals surface area contributed by atoms with Crippen LogP contribution in [0, 0.1) is 17.0 Å². The standard InChI is InChI=1S/C15H17N5O3/c1-10-8-14(18-17-10)16-15(21)11-4-5-12(13(9-11)20(22)23)19-6-2-3-7-19/h4-5,8-9H,2-3,6-7H2,1H3,(H2,16,17,18,21). The van der Waals surface area contributed by atoms with Crippen molar-refractivity contribution in [1.82, 2.24) is 10.2 Å². The zero-order chi connectivity index (χ0) is 16.4. The number of rotatable bonds is 4. The lowest BCUT2D eigenvalue weighted by Crippen LogP contribution is -2.19. The Labute approximate surface area is 132 Å². The Kier molecular flexibility index (Phi) is 3.96. The van der Waals surface area contributed by atoms with Gasteiger partial charge >= 0.3 is 0 Å². The number of amides is 1. The molecule has 2 heterocycles. The van der Waals surface area contributed by atoms with Gasteiger partial charge in [0.05, 0.1) is 4.92 Å². The smallest absolute Gasteiger partial charge is 0.293 e. The van der Waals surface area contributed by atoms with E-state index in [9.17, 15) is 14.9 Å². The highest BCUT2D eigenvalue weighted by Crippen LogP contribution is 2.31. The molecule has 3 rings (SSSR count). The van der Waals surface area contributed by atoms with Crippen LogP contribution in [0.2, 0.25) is 0 Å². The van der Waals surface area contributed by atoms with Gasteiger partial charge in [-0.25, -0.2) is 0 Å². The van der Waals surface area contributed by atoms with E-state index in [0.29, 0.717) is 11.5 Å². The molecule has 0 atom stereocenters. The molecule has 0 radical (unpaired) electrons. The molecule has 2 N–H and O–H groups in total. The summed E-state index contributed by atoms with van der Waals surface area (Å²) in [6.45, 7) is 3.43. The minimum Gasteiger partial charge on any atom is -0.366 e. The number of carbonyl (C=O) groups excluding carboxylic acids is 1. The minimum absolute atomic E-state index is 0.0437. The van der Waals surface area contributed by atoms with Crippen LogP contribution in [0.5, 0.6) is 0 Å². The Hall–Kier alpha value is -2.90. The minimum atomic E-state index is -0.441. The number of nitro groups is 1. The molecule has 0 unspecified atom stereocenters. The van der Waals surface area contributed by atoms with Gasteiger partial charge in [-0.1, -0.05) is 0 Å². The van der Waals surface area contributed by atoms with E-state index in [1.54, 1.807) is 18.2 Å². The third kappa shape index (κ3) is 3.15. The molecule has 0 aliphatic carbocycles. The second kappa shape index (κ2) is 6.07. The van der Waals surface area contributed by atoms with Gasteiger partial charge in [-0.15, -0.1) is 0 Å². The summed E-state index contributed by atoms with van der Waals surface area (Å²) in [7, 11) is 0. The third-order valence-corrected chi connectivity index (χ3v) is 3.83. The maximum absolute atomic E-state index is 12.2. The van der Waals surface area contributed by atoms with Crippen molar-refractivity contribution in [2.45, 2.75) is 19.8 Å². The second-order valence-electron chi connectivity index (χ2n) is 5.55. The SMILES string of the molecule is Cc1cc(NC(=O)c2ccc(N3CCCC3)c([N+](=O)[O-])c2)n[nH]1. The fourth-order valence-electron chi connectivity index (χ4n) is 2.71. The quantitative estimate of drug-likeness (QED) is 0.666. The van der Waals surface area contributed by atoms with Crippen LogP contribution in [0.3, 0.4) is 0 Å². The van der Waals surface area contributed by atoms with Crippen LogP contribution < -0.4 is 10.2 Å². The molecule has 23 heavy (non-hydrogen) atoms. The number of benzene rings is 1. The highest BCUT2D eigenvalue weighted by Gasteiger charge is 2.24. The Balaban J connectivity index is 1.86. The summed E-state index contributed by atoms with van der Waals surface area (Å²) in [6.07, 6.45) is 2.05. The normalized spacial score (nSPS) is 14.0. The second-order valence-corrected chi connectivity index (χ2v) is 5.55. The molecule has 1 aliphatic heterocycles. The maximum Gasteiger partial charge on any atom is 0.293 e. The summed E-state index contributed by atoms with van der Waals surface area (Å²) in [4.78, 5) is 25.1. The Morgan fingerprint density at radius 3 is 2.70 bits per heavy atom. The molecule has 8 nitrogen and oxygen atoms in total. The van der Waals surface area contributed by atoms with Gasteiger partial charge in [0, 0.05) is 36.5 Å². The molecule has 0 saturated carbocycles. The van der Waals surface area contributed by atoms with Crippen molar-refractivity contribution in [2.24, 2.45) is 0 Å². The molecule has 1 amide bonds. The van der Waals surface area contributed by atoms with Gasteiger partial charge in [-0.05, 0) is 31.9 Å². The molecule has 2 aromatic rings. The number of aromatic nitrogens is 2. The highest BCUT2D eigenvalue weighted by molar-refractivity contribution is 6.04. The summed E-state index contributed by atoms with van der Waals surface area (Å²) in [5, 5.41) is 20.6. The number of nitrogens with zero attached hydrogens (tertiary/aromatic N) is 3. The number of nitro benzene ring substituents is 1. The number of nitrogens with one attached hydrogen (secondary N) is 2. The van der Waals surface area contributed by atoms with E-state index in [1.807, 2.05) is 11.8 Å². The van der Waals surface area contributed by atoms with Crippen molar-refractivity contribution in [3.63, 3.8) is 0 Å². The number of carbonyl (C=O) groups is 1. The maximum atomic E-state index is 12.2. The van der Waals surface area contributed by atoms with E-state index >= 15 is 0 Å². The predicted octanol–water partition coefficient (Wildman–Crippen LogP) is 2.48. The number of aromatic amines is 1. The average molecular weight is 315 g/mol. The van der Waals surface area contributed by atoms with Crippen molar-refractivity contribution in [3.8, 4) is 0 Å². The van der Waals surface area contributed by atoms with Crippen LogP contribution in [-0.2, 0) is 0 Å². The summed E-state index contributed by atoms with van der Waals surface area (Å²) < 4.78 is 0. The molecule has 120 valence electrons. The summed E-state index contributed by atoms with van der Waals surface area (Å²) in [6, 6.07) is 6.26. The highest BCUT2D eigenvalue weighted by atomic mass is 16.6. The van der Waals surface area contributed by atoms with Gasteiger partial charge in [0.2, 0.25) is 0 Å². The summed E-state index contributed by atoms with van der Waals surface area (Å²) in [5.41, 5.74) is 1.58. The van der Waals surface area contributed by atoms with E-state index in [1.165, 1.54) is 6.07 Å². The van der Waals surface area contributed by atoms with Gasteiger partial charge in [-0.2, -0.15) is 5.10 Å². The first-order valence-corrected chi connectivity index (χ1v) is 7.41. The molecule has 0 spiro atoms. The number of hydrogen-bond acceptors (Lipinski definition) is 5. The van der Waals surface area contributed by atoms with Crippen molar-refractivity contribution >= 4 is 23.1 Å². The van der Waals surface area contributed by atoms with Crippen LogP contribution in [0.25, 0.3) is 0 Å². The van der Waals surface area contributed by atoms with E-state index in [-0.39, 0.29) is 11.3 Å². The van der Waals surface area contributed by atoms with Crippen LogP contribution in [0.15, 0.2) is 24.3 Å². The molecule has 1 aliphatic rings. The lowest BCUT2D eigenvalue weighted by molar-refractivity contribution is -0.384. The van der Waals surface area contributed by atoms with E-state index in [0.717, 1.165) is 31.6 Å². The largest absolute Gasteiger partial charge is 0.366 e. The number of H-pyrrole nitrogens is 1. The molecular formula is C15H17N5O3. The van der Waals surface area contributed by atoms with Gasteiger partial charge in [0.15, 0.2) is 5.82 Å². The van der Waals surface area contributed by atoms with Crippen LogP contribution >= 0.6 is 0 Å². The van der Waals surface area contributed by atoms with E-state index < -0.39 is 10.8 Å². The van der Waals surface area contributed by atoms with Crippen molar-refractivity contribution < 1.29 is 9.72 Å². The van der Waals surface area contributed by atoms with Crippen LogP contribution in [-0.4, -0.2) is 34.1 Å². The van der Waals surface area contributed by atoms with Gasteiger partial charge in [0.25, 0.3) is 11.6 Å². The molecule has 0 bridgehead atoms. The fraction of sp³-hybridized carbons (Fsp3) is 0.333. The van der Waals surface area contributed by atoms with Gasteiger partial charge < -0.3 is 10.2 Å². The molecule has 1 fully saturated rings. The van der Waals surface area contributed by atoms with Crippen LogP contribution in [0.4, 0.5) is 17.2 Å². The van der Waals surface area contributed by atoms with Crippen molar-refractivity contribution in [1.29, 1.82) is 0 Å². The molecule has 1 aromatic heterocycles. The Bertz CT molecular complexity index is 749. The molecular weight excluding hydrogens is 298 g/mol. The monoisotopic (exact) mass is 315 g/mol. The van der Waals surface area contributed by atoms with Crippen molar-refractivity contribution in [2.75, 3.05) is 23.3 Å². The lowest BCUT2D eigenvalue weighted by Gasteiger charge is -2.17. The number of aryl methyl sites for hydroxylation is 1. The summed E-state index contributed by atoms with van der Waals surface area (Å²) in [5.74, 6) is -0.0358. The van der Waals surface area contributed by atoms with E-state index in [2.05, 4.69) is 15.5 Å². The molecule has 1 saturated heterocycles. The van der Waals surface area contributed by atoms with E-state index in [4.69, 9.17) is 0 Å².